The van der Waals surface area contributed by atoms with E-state index < -0.39 is 6.04 Å². The van der Waals surface area contributed by atoms with Gasteiger partial charge >= 0.3 is 0 Å². The fourth-order valence-corrected chi connectivity index (χ4v) is 3.27. The average molecular weight is 361 g/mol. The summed E-state index contributed by atoms with van der Waals surface area (Å²) in [6.45, 7) is 4.57. The van der Waals surface area contributed by atoms with Crippen molar-refractivity contribution in [1.29, 1.82) is 0 Å². The highest BCUT2D eigenvalue weighted by Crippen LogP contribution is 2.22. The fourth-order valence-electron chi connectivity index (χ4n) is 3.14. The zero-order valence-electron chi connectivity index (χ0n) is 14.3. The van der Waals surface area contributed by atoms with Gasteiger partial charge in [-0.25, -0.2) is 4.68 Å². The first-order chi connectivity index (χ1) is 12.0. The van der Waals surface area contributed by atoms with Crippen LogP contribution in [0.2, 0.25) is 5.02 Å². The summed E-state index contributed by atoms with van der Waals surface area (Å²) in [6, 6.07) is 7.11. The fraction of sp³-hybridized carbons (Fsp3) is 0.389. The maximum atomic E-state index is 12.7. The van der Waals surface area contributed by atoms with Crippen molar-refractivity contribution in [2.24, 2.45) is 0 Å². The first-order valence-electron chi connectivity index (χ1n) is 8.30. The van der Waals surface area contributed by atoms with Crippen LogP contribution in [0.15, 0.2) is 30.5 Å². The average Bonchev–Trinajstić information content (AvgIpc) is 3.19. The molecule has 1 aromatic heterocycles. The van der Waals surface area contributed by atoms with Crippen LogP contribution in [0.1, 0.15) is 30.9 Å². The molecule has 1 atom stereocenters. The summed E-state index contributed by atoms with van der Waals surface area (Å²) in [5.74, 6) is 0.438. The van der Waals surface area contributed by atoms with Crippen molar-refractivity contribution < 1.29 is 9.59 Å². The van der Waals surface area contributed by atoms with Crippen LogP contribution in [-0.4, -0.2) is 39.1 Å². The summed E-state index contributed by atoms with van der Waals surface area (Å²) in [5, 5.41) is 7.99. The van der Waals surface area contributed by atoms with Crippen LogP contribution in [0.5, 0.6) is 0 Å². The molecule has 25 heavy (non-hydrogen) atoms. The molecule has 0 unspecified atom stereocenters. The van der Waals surface area contributed by atoms with Crippen LogP contribution < -0.4 is 5.32 Å². The zero-order valence-corrected chi connectivity index (χ0v) is 15.1. The number of amides is 2. The Morgan fingerprint density at radius 2 is 2.04 bits per heavy atom. The summed E-state index contributed by atoms with van der Waals surface area (Å²) < 4.78 is 1.75. The minimum atomic E-state index is -0.407. The lowest BCUT2D eigenvalue weighted by atomic mass is 10.2. The molecule has 0 saturated carbocycles. The third-order valence-electron chi connectivity index (χ3n) is 4.47. The molecular weight excluding hydrogens is 340 g/mol. The number of hydrogen-bond acceptors (Lipinski definition) is 3. The second kappa shape index (κ2) is 7.27. The van der Waals surface area contributed by atoms with Crippen LogP contribution in [-0.2, 0) is 16.1 Å². The molecule has 132 valence electrons. The number of anilines is 1. The largest absolute Gasteiger partial charge is 0.331 e. The first-order valence-corrected chi connectivity index (χ1v) is 8.68. The SMILES string of the molecule is CC(=O)N1CCC[C@H]1C(=O)Nc1c(C)cnn1Cc1ccc(Cl)cc1. The van der Waals surface area contributed by atoms with E-state index in [4.69, 9.17) is 11.6 Å². The van der Waals surface area contributed by atoms with Crippen LogP contribution in [0.25, 0.3) is 0 Å². The standard InChI is InChI=1S/C18H21ClN4O2/c1-12-10-20-23(11-14-5-7-15(19)8-6-14)17(12)21-18(25)16-4-3-9-22(16)13(2)24/h5-8,10,16H,3-4,9,11H2,1-2H3,(H,21,25)/t16-/m0/s1. The van der Waals surface area contributed by atoms with Crippen LogP contribution in [0.4, 0.5) is 5.82 Å². The molecule has 1 aliphatic heterocycles. The lowest BCUT2D eigenvalue weighted by Gasteiger charge is -2.22. The van der Waals surface area contributed by atoms with Crippen molar-refractivity contribution in [2.75, 3.05) is 11.9 Å². The zero-order chi connectivity index (χ0) is 18.0. The van der Waals surface area contributed by atoms with Gasteiger partial charge in [0.1, 0.15) is 11.9 Å². The highest BCUT2D eigenvalue weighted by Gasteiger charge is 2.33. The normalized spacial score (nSPS) is 16.9. The monoisotopic (exact) mass is 360 g/mol. The Bertz CT molecular complexity index is 785. The van der Waals surface area contributed by atoms with Gasteiger partial charge in [-0.3, -0.25) is 9.59 Å². The number of carbonyl (C=O) groups is 2. The highest BCUT2D eigenvalue weighted by atomic mass is 35.5. The second-order valence-corrected chi connectivity index (χ2v) is 6.76. The molecule has 1 N–H and O–H groups in total. The van der Waals surface area contributed by atoms with Crippen molar-refractivity contribution in [2.45, 2.75) is 39.3 Å². The minimum absolute atomic E-state index is 0.0657. The molecule has 2 amide bonds. The molecule has 0 bridgehead atoms. The number of aryl methyl sites for hydroxylation is 1. The summed E-state index contributed by atoms with van der Waals surface area (Å²) in [5.41, 5.74) is 1.92. The number of nitrogens with one attached hydrogen (secondary N) is 1. The van der Waals surface area contributed by atoms with E-state index in [0.29, 0.717) is 30.4 Å². The molecule has 6 nitrogen and oxygen atoms in total. The van der Waals surface area contributed by atoms with Crippen molar-refractivity contribution in [1.82, 2.24) is 14.7 Å². The molecule has 2 heterocycles. The van der Waals surface area contributed by atoms with Crippen molar-refractivity contribution in [3.8, 4) is 0 Å². The summed E-state index contributed by atoms with van der Waals surface area (Å²) in [7, 11) is 0. The van der Waals surface area contributed by atoms with Gasteiger partial charge in [0, 0.05) is 24.1 Å². The molecule has 3 rings (SSSR count). The van der Waals surface area contributed by atoms with E-state index in [9.17, 15) is 9.59 Å². The lowest BCUT2D eigenvalue weighted by molar-refractivity contribution is -0.134. The third kappa shape index (κ3) is 3.85. The molecule has 2 aromatic rings. The van der Waals surface area contributed by atoms with Crippen molar-refractivity contribution in [3.05, 3.63) is 46.6 Å². The summed E-state index contributed by atoms with van der Waals surface area (Å²) in [4.78, 5) is 26.0. The number of rotatable bonds is 4. The molecule has 1 saturated heterocycles. The number of aromatic nitrogens is 2. The topological polar surface area (TPSA) is 67.2 Å². The second-order valence-electron chi connectivity index (χ2n) is 6.32. The van der Waals surface area contributed by atoms with E-state index in [1.54, 1.807) is 15.8 Å². The Morgan fingerprint density at radius 1 is 1.32 bits per heavy atom. The summed E-state index contributed by atoms with van der Waals surface area (Å²) >= 11 is 5.92. The van der Waals surface area contributed by atoms with Gasteiger partial charge in [0.2, 0.25) is 11.8 Å². The molecule has 0 radical (unpaired) electrons. The van der Waals surface area contributed by atoms with E-state index in [0.717, 1.165) is 17.5 Å². The van der Waals surface area contributed by atoms with Crippen LogP contribution in [0, 0.1) is 6.92 Å². The van der Waals surface area contributed by atoms with E-state index >= 15 is 0 Å². The Hall–Kier alpha value is -2.34. The Labute approximate surface area is 151 Å². The smallest absolute Gasteiger partial charge is 0.248 e. The molecule has 0 spiro atoms. The maximum Gasteiger partial charge on any atom is 0.248 e. The number of benzene rings is 1. The number of carbonyl (C=O) groups excluding carboxylic acids is 2. The number of hydrogen-bond donors (Lipinski definition) is 1. The van der Waals surface area contributed by atoms with Gasteiger partial charge in [-0.05, 0) is 37.5 Å². The van der Waals surface area contributed by atoms with E-state index in [-0.39, 0.29) is 11.8 Å². The van der Waals surface area contributed by atoms with Gasteiger partial charge in [0.05, 0.1) is 12.7 Å². The van der Waals surface area contributed by atoms with Gasteiger partial charge < -0.3 is 10.2 Å². The predicted octanol–water partition coefficient (Wildman–Crippen LogP) is 2.84. The maximum absolute atomic E-state index is 12.7. The first kappa shape index (κ1) is 17.5. The van der Waals surface area contributed by atoms with Crippen LogP contribution >= 0.6 is 11.6 Å². The minimum Gasteiger partial charge on any atom is -0.331 e. The quantitative estimate of drug-likeness (QED) is 0.911. The Kier molecular flexibility index (Phi) is 5.08. The van der Waals surface area contributed by atoms with Crippen molar-refractivity contribution >= 4 is 29.2 Å². The predicted molar refractivity (Wildman–Crippen MR) is 96.6 cm³/mol. The van der Waals surface area contributed by atoms with Crippen LogP contribution in [0.3, 0.4) is 0 Å². The molecule has 1 aromatic carbocycles. The van der Waals surface area contributed by atoms with E-state index in [1.165, 1.54) is 6.92 Å². The highest BCUT2D eigenvalue weighted by molar-refractivity contribution is 6.30. The molecule has 1 fully saturated rings. The number of halogens is 1. The lowest BCUT2D eigenvalue weighted by Crippen LogP contribution is -2.42. The van der Waals surface area contributed by atoms with Gasteiger partial charge in [0.15, 0.2) is 0 Å². The third-order valence-corrected chi connectivity index (χ3v) is 4.72. The molecule has 7 heteroatoms. The van der Waals surface area contributed by atoms with Gasteiger partial charge in [-0.1, -0.05) is 23.7 Å². The number of likely N-dealkylation sites (tertiary alicyclic amines) is 1. The van der Waals surface area contributed by atoms with E-state index in [1.807, 2.05) is 31.2 Å². The molecule has 0 aliphatic carbocycles. The number of nitrogens with zero attached hydrogens (tertiary/aromatic N) is 3. The van der Waals surface area contributed by atoms with Gasteiger partial charge in [-0.2, -0.15) is 5.10 Å². The van der Waals surface area contributed by atoms with E-state index in [2.05, 4.69) is 10.4 Å². The molecule has 1 aliphatic rings. The Morgan fingerprint density at radius 3 is 2.72 bits per heavy atom. The Balaban J connectivity index is 1.76. The summed E-state index contributed by atoms with van der Waals surface area (Å²) in [6.07, 6.45) is 3.26. The van der Waals surface area contributed by atoms with Gasteiger partial charge in [-0.15, -0.1) is 0 Å². The molecular formula is C18H21ClN4O2. The van der Waals surface area contributed by atoms with Crippen molar-refractivity contribution in [3.63, 3.8) is 0 Å². The van der Waals surface area contributed by atoms with Gasteiger partial charge in [0.25, 0.3) is 0 Å².